The lowest BCUT2D eigenvalue weighted by atomic mass is 10.0. The number of benzene rings is 1. The monoisotopic (exact) mass is 294 g/mol. The molecule has 0 fully saturated rings. The highest BCUT2D eigenvalue weighted by molar-refractivity contribution is 9.10. The van der Waals surface area contributed by atoms with Crippen LogP contribution < -0.4 is 5.32 Å². The lowest BCUT2D eigenvalue weighted by Crippen LogP contribution is -2.44. The number of carbonyl (C=O) groups is 1. The summed E-state index contributed by atoms with van der Waals surface area (Å²) in [6.45, 7) is 5.54. The lowest BCUT2D eigenvalue weighted by molar-refractivity contribution is 0.0923. The summed E-state index contributed by atoms with van der Waals surface area (Å²) in [6.07, 6.45) is 0.572. The number of rotatable bonds is 3. The Morgan fingerprint density at radius 3 is 2.71 bits per heavy atom. The van der Waals surface area contributed by atoms with Gasteiger partial charge in [-0.15, -0.1) is 0 Å². The van der Waals surface area contributed by atoms with E-state index in [1.807, 2.05) is 19.9 Å². The van der Waals surface area contributed by atoms with Crippen molar-refractivity contribution in [1.82, 2.24) is 5.32 Å². The Morgan fingerprint density at radius 2 is 2.24 bits per heavy atom. The van der Waals surface area contributed by atoms with Crippen molar-refractivity contribution < 1.29 is 4.79 Å². The van der Waals surface area contributed by atoms with E-state index in [-0.39, 0.29) is 5.91 Å². The molecule has 0 saturated carbocycles. The van der Waals surface area contributed by atoms with Crippen LogP contribution in [0.2, 0.25) is 0 Å². The van der Waals surface area contributed by atoms with Crippen molar-refractivity contribution in [2.24, 2.45) is 0 Å². The first-order chi connectivity index (χ1) is 7.91. The van der Waals surface area contributed by atoms with Crippen LogP contribution in [0, 0.1) is 18.3 Å². The second-order valence-electron chi connectivity index (χ2n) is 4.22. The van der Waals surface area contributed by atoms with Gasteiger partial charge in [-0.2, -0.15) is 5.26 Å². The zero-order valence-corrected chi connectivity index (χ0v) is 11.8. The molecule has 4 heteroatoms. The first-order valence-corrected chi connectivity index (χ1v) is 6.21. The van der Waals surface area contributed by atoms with E-state index < -0.39 is 5.54 Å². The molecular weight excluding hydrogens is 280 g/mol. The van der Waals surface area contributed by atoms with Gasteiger partial charge in [-0.3, -0.25) is 4.79 Å². The molecule has 1 aromatic carbocycles. The van der Waals surface area contributed by atoms with Crippen LogP contribution >= 0.6 is 15.9 Å². The van der Waals surface area contributed by atoms with Gasteiger partial charge in [0.15, 0.2) is 0 Å². The smallest absolute Gasteiger partial charge is 0.252 e. The van der Waals surface area contributed by atoms with Crippen molar-refractivity contribution in [2.45, 2.75) is 32.7 Å². The molecule has 0 aromatic heterocycles. The summed E-state index contributed by atoms with van der Waals surface area (Å²) in [4.78, 5) is 12.0. The molecule has 0 radical (unpaired) electrons. The molecule has 0 aliphatic heterocycles. The van der Waals surface area contributed by atoms with Gasteiger partial charge in [-0.25, -0.2) is 0 Å². The third-order valence-corrected chi connectivity index (χ3v) is 3.63. The number of nitrogens with one attached hydrogen (secondary N) is 1. The van der Waals surface area contributed by atoms with E-state index in [1.54, 1.807) is 19.1 Å². The number of nitrogens with zero attached hydrogens (tertiary/aromatic N) is 1. The highest BCUT2D eigenvalue weighted by atomic mass is 79.9. The van der Waals surface area contributed by atoms with E-state index in [0.717, 1.165) is 10.0 Å². The number of amides is 1. The summed E-state index contributed by atoms with van der Waals surface area (Å²) >= 11 is 3.38. The Hall–Kier alpha value is -1.34. The molecule has 1 N–H and O–H groups in total. The topological polar surface area (TPSA) is 52.9 Å². The summed E-state index contributed by atoms with van der Waals surface area (Å²) in [5.41, 5.74) is 0.812. The fourth-order valence-electron chi connectivity index (χ4n) is 1.25. The van der Waals surface area contributed by atoms with Crippen molar-refractivity contribution in [3.05, 3.63) is 33.8 Å². The van der Waals surface area contributed by atoms with E-state index in [4.69, 9.17) is 5.26 Å². The van der Waals surface area contributed by atoms with Gasteiger partial charge in [0, 0.05) is 10.0 Å². The number of nitriles is 1. The first kappa shape index (κ1) is 13.7. The minimum Gasteiger partial charge on any atom is -0.334 e. The van der Waals surface area contributed by atoms with Crippen LogP contribution in [0.5, 0.6) is 0 Å². The fourth-order valence-corrected chi connectivity index (χ4v) is 1.63. The summed E-state index contributed by atoms with van der Waals surface area (Å²) in [6, 6.07) is 7.50. The predicted octanol–water partition coefficient (Wildman–Crippen LogP) is 3.18. The highest BCUT2D eigenvalue weighted by Gasteiger charge is 2.24. The third-order valence-electron chi connectivity index (χ3n) is 2.78. The van der Waals surface area contributed by atoms with Gasteiger partial charge in [0.05, 0.1) is 6.07 Å². The van der Waals surface area contributed by atoms with Crippen LogP contribution in [0.15, 0.2) is 22.7 Å². The summed E-state index contributed by atoms with van der Waals surface area (Å²) in [7, 11) is 0. The largest absolute Gasteiger partial charge is 0.334 e. The minimum absolute atomic E-state index is 0.225. The zero-order valence-electron chi connectivity index (χ0n) is 10.2. The number of hydrogen-bond acceptors (Lipinski definition) is 2. The molecule has 1 atom stereocenters. The van der Waals surface area contributed by atoms with Gasteiger partial charge in [0.1, 0.15) is 5.54 Å². The van der Waals surface area contributed by atoms with Gasteiger partial charge >= 0.3 is 0 Å². The fraction of sp³-hybridized carbons (Fsp3) is 0.385. The maximum atomic E-state index is 12.0. The van der Waals surface area contributed by atoms with Crippen LogP contribution in [-0.4, -0.2) is 11.4 Å². The summed E-state index contributed by atoms with van der Waals surface area (Å²) in [5.74, 6) is -0.225. The van der Waals surface area contributed by atoms with Crippen molar-refractivity contribution >= 4 is 21.8 Å². The van der Waals surface area contributed by atoms with Crippen molar-refractivity contribution in [2.75, 3.05) is 0 Å². The van der Waals surface area contributed by atoms with E-state index in [0.29, 0.717) is 12.0 Å². The van der Waals surface area contributed by atoms with Gasteiger partial charge < -0.3 is 5.32 Å². The predicted molar refractivity (Wildman–Crippen MR) is 70.7 cm³/mol. The molecule has 0 saturated heterocycles. The Bertz CT molecular complexity index is 479. The second kappa shape index (κ2) is 5.33. The maximum absolute atomic E-state index is 12.0. The normalized spacial score (nSPS) is 13.6. The van der Waals surface area contributed by atoms with Crippen molar-refractivity contribution in [3.63, 3.8) is 0 Å². The molecule has 0 spiro atoms. The summed E-state index contributed by atoms with van der Waals surface area (Å²) < 4.78 is 0.889. The zero-order chi connectivity index (χ0) is 13.1. The average Bonchev–Trinajstić information content (AvgIpc) is 2.32. The van der Waals surface area contributed by atoms with Gasteiger partial charge in [-0.1, -0.05) is 28.9 Å². The number of halogens is 1. The molecule has 1 unspecified atom stereocenters. The Morgan fingerprint density at radius 1 is 1.59 bits per heavy atom. The third kappa shape index (κ3) is 3.31. The molecule has 3 nitrogen and oxygen atoms in total. The van der Waals surface area contributed by atoms with Gasteiger partial charge in [0.2, 0.25) is 0 Å². The first-order valence-electron chi connectivity index (χ1n) is 5.42. The van der Waals surface area contributed by atoms with Crippen molar-refractivity contribution in [3.8, 4) is 6.07 Å². The molecule has 0 bridgehead atoms. The van der Waals surface area contributed by atoms with Gasteiger partial charge in [0.25, 0.3) is 5.91 Å². The average molecular weight is 295 g/mol. The molecule has 17 heavy (non-hydrogen) atoms. The summed E-state index contributed by atoms with van der Waals surface area (Å²) in [5, 5.41) is 11.7. The van der Waals surface area contributed by atoms with E-state index in [1.165, 1.54) is 0 Å². The molecular formula is C13H15BrN2O. The molecule has 0 aliphatic rings. The number of aryl methyl sites for hydroxylation is 1. The Kier molecular flexibility index (Phi) is 4.30. The Balaban J connectivity index is 2.91. The lowest BCUT2D eigenvalue weighted by Gasteiger charge is -2.21. The maximum Gasteiger partial charge on any atom is 0.252 e. The van der Waals surface area contributed by atoms with Gasteiger partial charge in [-0.05, 0) is 38.0 Å². The minimum atomic E-state index is -0.811. The van der Waals surface area contributed by atoms with Crippen LogP contribution in [0.3, 0.4) is 0 Å². The van der Waals surface area contributed by atoms with E-state index in [2.05, 4.69) is 27.3 Å². The second-order valence-corrected chi connectivity index (χ2v) is 5.07. The standard InChI is InChI=1S/C13H15BrN2O/c1-4-13(3,8-15)16-12(17)10-6-5-9(2)11(14)7-10/h5-7H,4H2,1-3H3,(H,16,17). The Labute approximate surface area is 110 Å². The highest BCUT2D eigenvalue weighted by Crippen LogP contribution is 2.18. The SMILES string of the molecule is CCC(C)(C#N)NC(=O)c1ccc(C)c(Br)c1. The van der Waals surface area contributed by atoms with Crippen LogP contribution in [0.25, 0.3) is 0 Å². The molecule has 1 amide bonds. The van der Waals surface area contributed by atoms with Crippen LogP contribution in [-0.2, 0) is 0 Å². The van der Waals surface area contributed by atoms with Crippen LogP contribution in [0.4, 0.5) is 0 Å². The molecule has 1 rings (SSSR count). The van der Waals surface area contributed by atoms with E-state index in [9.17, 15) is 4.79 Å². The quantitative estimate of drug-likeness (QED) is 0.931. The van der Waals surface area contributed by atoms with Crippen LogP contribution in [0.1, 0.15) is 36.2 Å². The molecule has 90 valence electrons. The molecule has 1 aromatic rings. The molecule has 0 aliphatic carbocycles. The molecule has 0 heterocycles. The van der Waals surface area contributed by atoms with E-state index >= 15 is 0 Å². The number of carbonyl (C=O) groups excluding carboxylic acids is 1. The van der Waals surface area contributed by atoms with Crippen molar-refractivity contribution in [1.29, 1.82) is 5.26 Å². The number of hydrogen-bond donors (Lipinski definition) is 1.